The summed E-state index contributed by atoms with van der Waals surface area (Å²) in [5.74, 6) is 1.25. The first kappa shape index (κ1) is 17.0. The lowest BCUT2D eigenvalue weighted by molar-refractivity contribution is 0.0359. The fourth-order valence-electron chi connectivity index (χ4n) is 3.23. The van der Waals surface area contributed by atoms with E-state index in [2.05, 4.69) is 20.0 Å². The van der Waals surface area contributed by atoms with E-state index in [0.29, 0.717) is 18.1 Å². The zero-order valence-electron chi connectivity index (χ0n) is 14.1. The fourth-order valence-corrected chi connectivity index (χ4v) is 4.14. The minimum absolute atomic E-state index is 0.257. The van der Waals surface area contributed by atoms with Crippen LogP contribution in [0.25, 0.3) is 11.4 Å². The Balaban J connectivity index is 1.39. The number of morpholine rings is 1. The third-order valence-corrected chi connectivity index (χ3v) is 5.66. The van der Waals surface area contributed by atoms with E-state index in [1.807, 2.05) is 10.6 Å². The van der Waals surface area contributed by atoms with Crippen molar-refractivity contribution in [3.05, 3.63) is 30.1 Å². The van der Waals surface area contributed by atoms with Gasteiger partial charge in [-0.3, -0.25) is 14.4 Å². The van der Waals surface area contributed by atoms with Gasteiger partial charge in [0, 0.05) is 19.6 Å². The number of halogens is 1. The molecule has 0 radical (unpaired) electrons. The first-order valence-corrected chi connectivity index (χ1v) is 9.63. The van der Waals surface area contributed by atoms with Gasteiger partial charge in [0.1, 0.15) is 5.82 Å². The molecule has 0 amide bonds. The SMILES string of the molecule is Fc1ccccc1-c1nnc2n1CN(CCCN1CCOCC1)CS2. The fraction of sp³-hybridized carbons (Fsp3) is 0.529. The number of aromatic nitrogens is 3. The van der Waals surface area contributed by atoms with Crippen molar-refractivity contribution >= 4 is 11.8 Å². The standard InChI is InChI=1S/C17H22FN5OS/c18-15-5-2-1-4-14(15)16-19-20-17-23(16)12-22(13-25-17)7-3-6-21-8-10-24-11-9-21/h1-2,4-5H,3,6-13H2. The molecule has 0 saturated carbocycles. The molecule has 6 nitrogen and oxygen atoms in total. The van der Waals surface area contributed by atoms with E-state index in [1.165, 1.54) is 6.07 Å². The van der Waals surface area contributed by atoms with Crippen LogP contribution in [0.2, 0.25) is 0 Å². The van der Waals surface area contributed by atoms with Crippen molar-refractivity contribution in [3.63, 3.8) is 0 Å². The average Bonchev–Trinajstić information content (AvgIpc) is 3.06. The van der Waals surface area contributed by atoms with Gasteiger partial charge in [-0.05, 0) is 25.1 Å². The summed E-state index contributed by atoms with van der Waals surface area (Å²) in [5.41, 5.74) is 0.511. The zero-order chi connectivity index (χ0) is 17.1. The Morgan fingerprint density at radius 2 is 1.88 bits per heavy atom. The summed E-state index contributed by atoms with van der Waals surface area (Å²) < 4.78 is 21.5. The number of hydrogen-bond acceptors (Lipinski definition) is 6. The molecule has 1 aromatic heterocycles. The molecule has 25 heavy (non-hydrogen) atoms. The normalized spacial score (nSPS) is 19.1. The van der Waals surface area contributed by atoms with E-state index < -0.39 is 0 Å². The second-order valence-corrected chi connectivity index (χ2v) is 7.24. The molecule has 2 aliphatic heterocycles. The Morgan fingerprint density at radius 3 is 2.72 bits per heavy atom. The topological polar surface area (TPSA) is 46.4 Å². The first-order valence-electron chi connectivity index (χ1n) is 8.64. The smallest absolute Gasteiger partial charge is 0.193 e. The molecular formula is C17H22FN5OS. The highest BCUT2D eigenvalue weighted by molar-refractivity contribution is 7.99. The highest BCUT2D eigenvalue weighted by Crippen LogP contribution is 2.29. The van der Waals surface area contributed by atoms with Crippen LogP contribution in [0.3, 0.4) is 0 Å². The van der Waals surface area contributed by atoms with E-state index in [9.17, 15) is 4.39 Å². The van der Waals surface area contributed by atoms with Gasteiger partial charge in [-0.15, -0.1) is 10.2 Å². The summed E-state index contributed by atoms with van der Waals surface area (Å²) in [6.07, 6.45) is 1.12. The van der Waals surface area contributed by atoms with Crippen LogP contribution < -0.4 is 0 Å². The van der Waals surface area contributed by atoms with Gasteiger partial charge in [-0.1, -0.05) is 23.9 Å². The van der Waals surface area contributed by atoms with Crippen LogP contribution in [0.1, 0.15) is 6.42 Å². The van der Waals surface area contributed by atoms with Crippen molar-refractivity contribution in [2.24, 2.45) is 0 Å². The van der Waals surface area contributed by atoms with Crippen molar-refractivity contribution in [3.8, 4) is 11.4 Å². The maximum atomic E-state index is 14.1. The van der Waals surface area contributed by atoms with Crippen LogP contribution in [0.4, 0.5) is 4.39 Å². The molecule has 2 aromatic rings. The predicted octanol–water partition coefficient (Wildman–Crippen LogP) is 2.13. The number of rotatable bonds is 5. The quantitative estimate of drug-likeness (QED) is 0.811. The minimum atomic E-state index is -0.257. The van der Waals surface area contributed by atoms with Crippen LogP contribution in [0.15, 0.2) is 29.4 Å². The van der Waals surface area contributed by atoms with Crippen LogP contribution in [0.5, 0.6) is 0 Å². The number of thioether (sulfide) groups is 1. The summed E-state index contributed by atoms with van der Waals surface area (Å²) in [5, 5.41) is 9.31. The summed E-state index contributed by atoms with van der Waals surface area (Å²) >= 11 is 1.66. The second kappa shape index (κ2) is 7.82. The van der Waals surface area contributed by atoms with Crippen LogP contribution in [-0.2, 0) is 11.4 Å². The lowest BCUT2D eigenvalue weighted by Crippen LogP contribution is -2.38. The molecule has 0 spiro atoms. The Kier molecular flexibility index (Phi) is 5.30. The average molecular weight is 363 g/mol. The zero-order valence-corrected chi connectivity index (χ0v) is 14.9. The lowest BCUT2D eigenvalue weighted by Gasteiger charge is -2.30. The second-order valence-electron chi connectivity index (χ2n) is 6.33. The lowest BCUT2D eigenvalue weighted by atomic mass is 10.2. The molecular weight excluding hydrogens is 341 g/mol. The van der Waals surface area contributed by atoms with E-state index in [0.717, 1.165) is 56.8 Å². The monoisotopic (exact) mass is 363 g/mol. The van der Waals surface area contributed by atoms with Crippen molar-refractivity contribution in [1.29, 1.82) is 0 Å². The van der Waals surface area contributed by atoms with Crippen LogP contribution in [0, 0.1) is 5.82 Å². The van der Waals surface area contributed by atoms with Gasteiger partial charge in [0.25, 0.3) is 0 Å². The Labute approximate surface area is 151 Å². The minimum Gasteiger partial charge on any atom is -0.379 e. The van der Waals surface area contributed by atoms with Crippen molar-refractivity contribution in [1.82, 2.24) is 24.6 Å². The Bertz CT molecular complexity index is 719. The summed E-state index contributed by atoms with van der Waals surface area (Å²) in [4.78, 5) is 4.82. The molecule has 0 aliphatic carbocycles. The van der Waals surface area contributed by atoms with E-state index in [-0.39, 0.29) is 5.82 Å². The first-order chi connectivity index (χ1) is 12.3. The van der Waals surface area contributed by atoms with Gasteiger partial charge < -0.3 is 4.74 Å². The van der Waals surface area contributed by atoms with E-state index in [4.69, 9.17) is 4.74 Å². The molecule has 4 rings (SSSR count). The van der Waals surface area contributed by atoms with Crippen LogP contribution >= 0.6 is 11.8 Å². The highest BCUT2D eigenvalue weighted by Gasteiger charge is 2.23. The molecule has 0 unspecified atom stereocenters. The van der Waals surface area contributed by atoms with E-state index >= 15 is 0 Å². The maximum absolute atomic E-state index is 14.1. The molecule has 134 valence electrons. The third kappa shape index (κ3) is 3.87. The maximum Gasteiger partial charge on any atom is 0.193 e. The van der Waals surface area contributed by atoms with Crippen molar-refractivity contribution < 1.29 is 9.13 Å². The summed E-state index contributed by atoms with van der Waals surface area (Å²) in [6.45, 7) is 6.56. The molecule has 3 heterocycles. The van der Waals surface area contributed by atoms with Crippen LogP contribution in [-0.4, -0.2) is 69.8 Å². The third-order valence-electron chi connectivity index (χ3n) is 4.60. The molecule has 0 atom stereocenters. The van der Waals surface area contributed by atoms with Gasteiger partial charge in [-0.25, -0.2) is 4.39 Å². The Morgan fingerprint density at radius 1 is 1.08 bits per heavy atom. The molecule has 1 aromatic carbocycles. The van der Waals surface area contributed by atoms with Gasteiger partial charge in [0.05, 0.1) is 31.3 Å². The van der Waals surface area contributed by atoms with Gasteiger partial charge in [-0.2, -0.15) is 0 Å². The number of ether oxygens (including phenoxy) is 1. The van der Waals surface area contributed by atoms with Crippen molar-refractivity contribution in [2.75, 3.05) is 45.3 Å². The van der Waals surface area contributed by atoms with Gasteiger partial charge >= 0.3 is 0 Å². The highest BCUT2D eigenvalue weighted by atomic mass is 32.2. The molecule has 1 saturated heterocycles. The summed E-state index contributed by atoms with van der Waals surface area (Å²) in [6, 6.07) is 6.75. The number of benzene rings is 1. The van der Waals surface area contributed by atoms with Gasteiger partial charge in [0.15, 0.2) is 11.0 Å². The molecule has 1 fully saturated rings. The summed E-state index contributed by atoms with van der Waals surface area (Å²) in [7, 11) is 0. The van der Waals surface area contributed by atoms with Crippen molar-refractivity contribution in [2.45, 2.75) is 18.2 Å². The van der Waals surface area contributed by atoms with Gasteiger partial charge in [0.2, 0.25) is 0 Å². The molecule has 8 heteroatoms. The largest absolute Gasteiger partial charge is 0.379 e. The van der Waals surface area contributed by atoms with E-state index in [1.54, 1.807) is 23.9 Å². The number of nitrogens with zero attached hydrogens (tertiary/aromatic N) is 5. The molecule has 0 bridgehead atoms. The Hall–Kier alpha value is -1.48. The predicted molar refractivity (Wildman–Crippen MR) is 94.7 cm³/mol. The molecule has 0 N–H and O–H groups in total. The molecule has 2 aliphatic rings. The number of fused-ring (bicyclic) bond motifs is 1. The number of hydrogen-bond donors (Lipinski definition) is 0.